The number of carbonyl (C=O) groups excluding carboxylic acids is 1. The van der Waals surface area contributed by atoms with Gasteiger partial charge in [0, 0.05) is 30.1 Å². The fourth-order valence-corrected chi connectivity index (χ4v) is 3.51. The van der Waals surface area contributed by atoms with Crippen molar-refractivity contribution in [2.75, 3.05) is 18.0 Å². The van der Waals surface area contributed by atoms with Crippen LogP contribution >= 0.6 is 11.3 Å². The van der Waals surface area contributed by atoms with Gasteiger partial charge in [0.25, 0.3) is 5.91 Å². The van der Waals surface area contributed by atoms with Crippen LogP contribution in [0.1, 0.15) is 33.1 Å². The Hall–Kier alpha value is -2.16. The number of piperidine rings is 1. The second-order valence-corrected chi connectivity index (χ2v) is 7.19. The molecule has 1 saturated heterocycles. The number of anilines is 1. The normalized spacial score (nSPS) is 16.1. The molecule has 0 aromatic carbocycles. The Bertz CT molecular complexity index is 754. The highest BCUT2D eigenvalue weighted by atomic mass is 32.1. The number of thiophene rings is 1. The number of aromatic nitrogens is 2. The summed E-state index contributed by atoms with van der Waals surface area (Å²) in [7, 11) is 0. The molecule has 0 saturated carbocycles. The smallest absolute Gasteiger partial charge is 0.356 e. The van der Waals surface area contributed by atoms with E-state index in [1.54, 1.807) is 11.0 Å². The summed E-state index contributed by atoms with van der Waals surface area (Å²) in [5, 5.41) is 2.99. The first kappa shape index (κ1) is 17.7. The van der Waals surface area contributed by atoms with Gasteiger partial charge in [0.1, 0.15) is 17.8 Å². The van der Waals surface area contributed by atoms with Crippen LogP contribution in [0.2, 0.25) is 0 Å². The second kappa shape index (κ2) is 6.99. The van der Waals surface area contributed by atoms with Crippen molar-refractivity contribution in [2.24, 2.45) is 0 Å². The number of amides is 1. The summed E-state index contributed by atoms with van der Waals surface area (Å²) < 4.78 is 38.2. The molecule has 1 amide bonds. The fraction of sp³-hybridized carbons (Fsp3) is 0.438. The maximum absolute atomic E-state index is 12.7. The van der Waals surface area contributed by atoms with Gasteiger partial charge in [-0.05, 0) is 31.9 Å². The summed E-state index contributed by atoms with van der Waals surface area (Å²) in [5.41, 5.74) is -0.944. The zero-order chi connectivity index (χ0) is 18.0. The Kier molecular flexibility index (Phi) is 4.94. The van der Waals surface area contributed by atoms with Crippen LogP contribution in [0.5, 0.6) is 0 Å². The predicted octanol–water partition coefficient (Wildman–Crippen LogP) is 3.26. The molecule has 3 rings (SSSR count). The van der Waals surface area contributed by atoms with E-state index in [1.807, 2.05) is 13.0 Å². The molecule has 134 valence electrons. The molecule has 0 unspecified atom stereocenters. The molecule has 0 radical (unpaired) electrons. The van der Waals surface area contributed by atoms with Crippen LogP contribution in [0.3, 0.4) is 0 Å². The number of halogens is 3. The molecule has 2 aromatic heterocycles. The van der Waals surface area contributed by atoms with E-state index in [-0.39, 0.29) is 17.8 Å². The van der Waals surface area contributed by atoms with Crippen molar-refractivity contribution >= 4 is 23.1 Å². The third-order valence-electron chi connectivity index (χ3n) is 4.06. The molecule has 5 nitrogen and oxygen atoms in total. The average Bonchev–Trinajstić information content (AvgIpc) is 3.01. The molecule has 2 aromatic rings. The Morgan fingerprint density at radius 2 is 2.00 bits per heavy atom. The van der Waals surface area contributed by atoms with Crippen molar-refractivity contribution in [3.63, 3.8) is 0 Å². The lowest BCUT2D eigenvalue weighted by molar-refractivity contribution is -0.141. The molecular weight excluding hydrogens is 353 g/mol. The molecule has 0 spiro atoms. The molecule has 1 aliphatic heterocycles. The topological polar surface area (TPSA) is 58.1 Å². The van der Waals surface area contributed by atoms with E-state index in [9.17, 15) is 18.0 Å². The van der Waals surface area contributed by atoms with Crippen LogP contribution in [0.25, 0.3) is 0 Å². The van der Waals surface area contributed by atoms with Crippen LogP contribution in [-0.2, 0) is 6.18 Å². The van der Waals surface area contributed by atoms with Gasteiger partial charge in [0.05, 0.1) is 4.88 Å². The number of rotatable bonds is 3. The molecule has 1 N–H and O–H groups in total. The Balaban J connectivity index is 1.58. The Labute approximate surface area is 146 Å². The zero-order valence-corrected chi connectivity index (χ0v) is 14.3. The van der Waals surface area contributed by atoms with Gasteiger partial charge in [-0.2, -0.15) is 13.2 Å². The van der Waals surface area contributed by atoms with Gasteiger partial charge in [0.2, 0.25) is 0 Å². The summed E-state index contributed by atoms with van der Waals surface area (Å²) in [6.07, 6.45) is -2.24. The van der Waals surface area contributed by atoms with Crippen LogP contribution in [-0.4, -0.2) is 35.0 Å². The number of nitrogens with zero attached hydrogens (tertiary/aromatic N) is 3. The molecular formula is C16H17F3N4OS. The minimum atomic E-state index is -4.48. The summed E-state index contributed by atoms with van der Waals surface area (Å²) in [6, 6.07) is 4.67. The van der Waals surface area contributed by atoms with Crippen LogP contribution in [0.15, 0.2) is 24.5 Å². The molecule has 1 aliphatic rings. The highest BCUT2D eigenvalue weighted by Gasteiger charge is 2.33. The molecule has 3 heterocycles. The van der Waals surface area contributed by atoms with Crippen molar-refractivity contribution < 1.29 is 18.0 Å². The Morgan fingerprint density at radius 1 is 1.28 bits per heavy atom. The van der Waals surface area contributed by atoms with Gasteiger partial charge < -0.3 is 10.2 Å². The standard InChI is InChI=1S/C16H17F3N4OS/c1-10-2-3-12(25-10)15(24)22-11-4-6-23(7-5-11)14-8-13(16(17,18)19)20-9-21-14/h2-3,8-9,11H,4-7H2,1H3,(H,22,24). The summed E-state index contributed by atoms with van der Waals surface area (Å²) >= 11 is 1.44. The Morgan fingerprint density at radius 3 is 2.60 bits per heavy atom. The van der Waals surface area contributed by atoms with Gasteiger partial charge in [-0.25, -0.2) is 9.97 Å². The predicted molar refractivity (Wildman–Crippen MR) is 88.8 cm³/mol. The van der Waals surface area contributed by atoms with Crippen LogP contribution < -0.4 is 10.2 Å². The quantitative estimate of drug-likeness (QED) is 0.901. The maximum atomic E-state index is 12.7. The van der Waals surface area contributed by atoms with E-state index in [0.29, 0.717) is 30.8 Å². The molecule has 1 fully saturated rings. The lowest BCUT2D eigenvalue weighted by atomic mass is 10.0. The second-order valence-electron chi connectivity index (χ2n) is 5.90. The highest BCUT2D eigenvalue weighted by molar-refractivity contribution is 7.13. The molecule has 25 heavy (non-hydrogen) atoms. The number of hydrogen-bond acceptors (Lipinski definition) is 5. The minimum absolute atomic E-state index is 0.00933. The van der Waals surface area contributed by atoms with Gasteiger partial charge >= 0.3 is 6.18 Å². The maximum Gasteiger partial charge on any atom is 0.433 e. The largest absolute Gasteiger partial charge is 0.433 e. The number of nitrogens with one attached hydrogen (secondary N) is 1. The monoisotopic (exact) mass is 370 g/mol. The van der Waals surface area contributed by atoms with Gasteiger partial charge in [-0.3, -0.25) is 4.79 Å². The lowest BCUT2D eigenvalue weighted by Gasteiger charge is -2.33. The summed E-state index contributed by atoms with van der Waals surface area (Å²) in [4.78, 5) is 22.9. The first-order chi connectivity index (χ1) is 11.8. The lowest BCUT2D eigenvalue weighted by Crippen LogP contribution is -2.44. The number of alkyl halides is 3. The minimum Gasteiger partial charge on any atom is -0.356 e. The molecule has 0 aliphatic carbocycles. The summed E-state index contributed by atoms with van der Waals surface area (Å²) in [6.45, 7) is 3.00. The SMILES string of the molecule is Cc1ccc(C(=O)NC2CCN(c3cc(C(F)(F)F)ncn3)CC2)s1. The first-order valence-electron chi connectivity index (χ1n) is 7.84. The van der Waals surface area contributed by atoms with E-state index in [4.69, 9.17) is 0 Å². The van der Waals surface area contributed by atoms with Crippen LogP contribution in [0, 0.1) is 6.92 Å². The van der Waals surface area contributed by atoms with E-state index in [1.165, 1.54) is 11.3 Å². The zero-order valence-electron chi connectivity index (χ0n) is 13.5. The fourth-order valence-electron chi connectivity index (χ4n) is 2.74. The number of hydrogen-bond donors (Lipinski definition) is 1. The van der Waals surface area contributed by atoms with Gasteiger partial charge in [-0.15, -0.1) is 11.3 Å². The van der Waals surface area contributed by atoms with Crippen molar-refractivity contribution in [3.8, 4) is 0 Å². The number of aryl methyl sites for hydroxylation is 1. The first-order valence-corrected chi connectivity index (χ1v) is 8.66. The molecule has 0 atom stereocenters. The van der Waals surface area contributed by atoms with E-state index in [2.05, 4.69) is 15.3 Å². The van der Waals surface area contributed by atoms with Crippen molar-refractivity contribution in [3.05, 3.63) is 40.0 Å². The van der Waals surface area contributed by atoms with Crippen molar-refractivity contribution in [1.82, 2.24) is 15.3 Å². The van der Waals surface area contributed by atoms with E-state index in [0.717, 1.165) is 17.3 Å². The van der Waals surface area contributed by atoms with Gasteiger partial charge in [0.15, 0.2) is 0 Å². The number of carbonyl (C=O) groups is 1. The van der Waals surface area contributed by atoms with Crippen molar-refractivity contribution in [2.45, 2.75) is 32.0 Å². The third-order valence-corrected chi connectivity index (χ3v) is 5.06. The highest BCUT2D eigenvalue weighted by Crippen LogP contribution is 2.29. The summed E-state index contributed by atoms with van der Waals surface area (Å²) in [5.74, 6) is 0.166. The molecule has 9 heteroatoms. The van der Waals surface area contributed by atoms with E-state index < -0.39 is 11.9 Å². The van der Waals surface area contributed by atoms with Crippen molar-refractivity contribution in [1.29, 1.82) is 0 Å². The molecule has 0 bridgehead atoms. The van der Waals surface area contributed by atoms with E-state index >= 15 is 0 Å². The third kappa shape index (κ3) is 4.28. The van der Waals surface area contributed by atoms with Crippen LogP contribution in [0.4, 0.5) is 19.0 Å². The average molecular weight is 370 g/mol. The van der Waals surface area contributed by atoms with Gasteiger partial charge in [-0.1, -0.05) is 0 Å².